The van der Waals surface area contributed by atoms with Gasteiger partial charge in [0.05, 0.1) is 17.1 Å². The predicted molar refractivity (Wildman–Crippen MR) is 249 cm³/mol. The standard InChI is InChI=1S/C56H60N2/c1-53(2,3)41-27-19-37(20-28-41)45-36-46(47-17-15-18-49(58-47)48-16-13-14-35-57-48)51(39-23-31-43(32-24-39)55(7,8)9)52(40-25-33-44(34-26-40)56(10,11)12)50(45)38-21-29-42(30-22-38)54(4,5)6/h13-36H,1-12H3. The summed E-state index contributed by atoms with van der Waals surface area (Å²) in [4.78, 5) is 10.1. The van der Waals surface area contributed by atoms with Gasteiger partial charge in [-0.15, -0.1) is 0 Å². The maximum Gasteiger partial charge on any atom is 0.0893 e. The molecule has 0 fully saturated rings. The van der Waals surface area contributed by atoms with E-state index < -0.39 is 0 Å². The van der Waals surface area contributed by atoms with E-state index in [2.05, 4.69) is 204 Å². The monoisotopic (exact) mass is 760 g/mol. The molecule has 0 radical (unpaired) electrons. The van der Waals surface area contributed by atoms with Crippen molar-refractivity contribution in [1.29, 1.82) is 0 Å². The quantitative estimate of drug-likeness (QED) is 0.169. The molecular formula is C56H60N2. The lowest BCUT2D eigenvalue weighted by atomic mass is 9.77. The predicted octanol–water partition coefficient (Wildman–Crippen LogP) is 15.7. The topological polar surface area (TPSA) is 25.8 Å². The van der Waals surface area contributed by atoms with E-state index in [1.54, 1.807) is 0 Å². The van der Waals surface area contributed by atoms with Gasteiger partial charge < -0.3 is 0 Å². The molecular weight excluding hydrogens is 701 g/mol. The van der Waals surface area contributed by atoms with Crippen LogP contribution in [0, 0.1) is 0 Å². The number of pyridine rings is 2. The highest BCUT2D eigenvalue weighted by Gasteiger charge is 2.27. The van der Waals surface area contributed by atoms with Gasteiger partial charge in [0, 0.05) is 11.8 Å². The zero-order chi connectivity index (χ0) is 41.6. The summed E-state index contributed by atoms with van der Waals surface area (Å²) < 4.78 is 0. The Bertz CT molecular complexity index is 2510. The Hall–Kier alpha value is -5.60. The van der Waals surface area contributed by atoms with Crippen LogP contribution in [0.1, 0.15) is 105 Å². The van der Waals surface area contributed by atoms with E-state index in [4.69, 9.17) is 9.97 Å². The minimum Gasteiger partial charge on any atom is -0.255 e. The molecule has 5 aromatic carbocycles. The van der Waals surface area contributed by atoms with Gasteiger partial charge in [0.15, 0.2) is 0 Å². The zero-order valence-electron chi connectivity index (χ0n) is 36.8. The minimum atomic E-state index is 0.0212. The third-order valence-electron chi connectivity index (χ3n) is 11.5. The molecule has 0 amide bonds. The molecule has 294 valence electrons. The maximum absolute atomic E-state index is 5.40. The molecule has 0 aliphatic rings. The van der Waals surface area contributed by atoms with Gasteiger partial charge >= 0.3 is 0 Å². The van der Waals surface area contributed by atoms with Crippen molar-refractivity contribution in [3.63, 3.8) is 0 Å². The van der Waals surface area contributed by atoms with E-state index in [-0.39, 0.29) is 21.7 Å². The van der Waals surface area contributed by atoms with Crippen molar-refractivity contribution in [3.05, 3.63) is 168 Å². The summed E-state index contributed by atoms with van der Waals surface area (Å²) in [5.41, 5.74) is 18.5. The van der Waals surface area contributed by atoms with E-state index in [0.29, 0.717) is 0 Å². The smallest absolute Gasteiger partial charge is 0.0893 e. The maximum atomic E-state index is 5.40. The molecule has 2 nitrogen and oxygen atoms in total. The highest BCUT2D eigenvalue weighted by Crippen LogP contribution is 2.51. The van der Waals surface area contributed by atoms with Crippen molar-refractivity contribution in [3.8, 4) is 67.2 Å². The van der Waals surface area contributed by atoms with E-state index >= 15 is 0 Å². The lowest BCUT2D eigenvalue weighted by Crippen LogP contribution is -2.11. The van der Waals surface area contributed by atoms with Gasteiger partial charge in [-0.1, -0.05) is 192 Å². The molecule has 7 rings (SSSR count). The van der Waals surface area contributed by atoms with Crippen molar-refractivity contribution in [2.24, 2.45) is 0 Å². The molecule has 7 aromatic rings. The van der Waals surface area contributed by atoms with Crippen LogP contribution in [0.2, 0.25) is 0 Å². The Balaban J connectivity index is 1.65. The van der Waals surface area contributed by atoms with Crippen LogP contribution in [0.5, 0.6) is 0 Å². The summed E-state index contributed by atoms with van der Waals surface area (Å²) in [6.07, 6.45) is 1.84. The Labute approximate surface area is 348 Å². The number of hydrogen-bond donors (Lipinski definition) is 0. The Kier molecular flexibility index (Phi) is 10.7. The fourth-order valence-electron chi connectivity index (χ4n) is 7.80. The van der Waals surface area contributed by atoms with Crippen molar-refractivity contribution >= 4 is 0 Å². The largest absolute Gasteiger partial charge is 0.255 e. The molecule has 58 heavy (non-hydrogen) atoms. The highest BCUT2D eigenvalue weighted by atomic mass is 14.8. The van der Waals surface area contributed by atoms with Crippen LogP contribution in [0.15, 0.2) is 146 Å². The average Bonchev–Trinajstić information content (AvgIpc) is 3.19. The molecule has 0 aliphatic heterocycles. The van der Waals surface area contributed by atoms with Crippen LogP contribution in [-0.4, -0.2) is 9.97 Å². The fourth-order valence-corrected chi connectivity index (χ4v) is 7.80. The first kappa shape index (κ1) is 40.6. The molecule has 0 atom stereocenters. The van der Waals surface area contributed by atoms with Crippen LogP contribution in [0.25, 0.3) is 67.2 Å². The van der Waals surface area contributed by atoms with Gasteiger partial charge in [-0.2, -0.15) is 0 Å². The molecule has 0 aliphatic carbocycles. The molecule has 0 N–H and O–H groups in total. The lowest BCUT2D eigenvalue weighted by molar-refractivity contribution is 0.590. The molecule has 2 heterocycles. The van der Waals surface area contributed by atoms with Gasteiger partial charge in [0.25, 0.3) is 0 Å². The van der Waals surface area contributed by atoms with Gasteiger partial charge in [0.1, 0.15) is 0 Å². The minimum absolute atomic E-state index is 0.0212. The zero-order valence-corrected chi connectivity index (χ0v) is 36.8. The molecule has 2 aromatic heterocycles. The van der Waals surface area contributed by atoms with Crippen molar-refractivity contribution in [1.82, 2.24) is 9.97 Å². The Morgan fingerprint density at radius 3 is 1.07 bits per heavy atom. The number of aromatic nitrogens is 2. The van der Waals surface area contributed by atoms with Crippen LogP contribution in [0.4, 0.5) is 0 Å². The van der Waals surface area contributed by atoms with Crippen LogP contribution < -0.4 is 0 Å². The number of rotatable bonds is 6. The second kappa shape index (κ2) is 15.3. The van der Waals surface area contributed by atoms with Gasteiger partial charge in [-0.3, -0.25) is 4.98 Å². The third kappa shape index (κ3) is 8.48. The summed E-state index contributed by atoms with van der Waals surface area (Å²) >= 11 is 0. The summed E-state index contributed by atoms with van der Waals surface area (Å²) in [7, 11) is 0. The van der Waals surface area contributed by atoms with E-state index in [1.807, 2.05) is 24.4 Å². The summed E-state index contributed by atoms with van der Waals surface area (Å²) in [6.45, 7) is 27.4. The van der Waals surface area contributed by atoms with E-state index in [9.17, 15) is 0 Å². The number of benzene rings is 5. The molecule has 0 saturated heterocycles. The van der Waals surface area contributed by atoms with E-state index in [0.717, 1.165) is 28.2 Å². The second-order valence-corrected chi connectivity index (χ2v) is 20.0. The average molecular weight is 761 g/mol. The lowest BCUT2D eigenvalue weighted by Gasteiger charge is -2.27. The summed E-state index contributed by atoms with van der Waals surface area (Å²) in [5, 5.41) is 0. The van der Waals surface area contributed by atoms with Gasteiger partial charge in [-0.25, -0.2) is 4.98 Å². The first-order valence-electron chi connectivity index (χ1n) is 20.8. The van der Waals surface area contributed by atoms with Gasteiger partial charge in [0.2, 0.25) is 0 Å². The summed E-state index contributed by atoms with van der Waals surface area (Å²) in [5.74, 6) is 0. The van der Waals surface area contributed by atoms with Crippen LogP contribution >= 0.6 is 0 Å². The van der Waals surface area contributed by atoms with E-state index in [1.165, 1.54) is 61.2 Å². The normalized spacial score (nSPS) is 12.5. The SMILES string of the molecule is CC(C)(C)c1ccc(-c2cc(-c3cccc(-c4ccccn4)n3)c(-c3ccc(C(C)(C)C)cc3)c(-c3ccc(C(C)(C)C)cc3)c2-c2ccc(C(C)(C)C)cc2)cc1. The van der Waals surface area contributed by atoms with Crippen LogP contribution in [-0.2, 0) is 21.7 Å². The molecule has 2 heteroatoms. The first-order chi connectivity index (χ1) is 27.3. The second-order valence-electron chi connectivity index (χ2n) is 20.0. The molecule has 0 spiro atoms. The highest BCUT2D eigenvalue weighted by molar-refractivity contribution is 6.07. The first-order valence-corrected chi connectivity index (χ1v) is 20.8. The fraction of sp³-hybridized carbons (Fsp3) is 0.286. The Morgan fingerprint density at radius 1 is 0.310 bits per heavy atom. The molecule has 0 saturated carbocycles. The number of nitrogens with zero attached hydrogens (tertiary/aromatic N) is 2. The van der Waals surface area contributed by atoms with Crippen molar-refractivity contribution < 1.29 is 0 Å². The van der Waals surface area contributed by atoms with Gasteiger partial charge in [-0.05, 0) is 119 Å². The Morgan fingerprint density at radius 2 is 0.672 bits per heavy atom. The number of hydrogen-bond acceptors (Lipinski definition) is 2. The summed E-state index contributed by atoms with van der Waals surface area (Å²) in [6, 6.07) is 51.9. The van der Waals surface area contributed by atoms with Crippen molar-refractivity contribution in [2.45, 2.75) is 105 Å². The third-order valence-corrected chi connectivity index (χ3v) is 11.5. The van der Waals surface area contributed by atoms with Crippen molar-refractivity contribution in [2.75, 3.05) is 0 Å². The van der Waals surface area contributed by atoms with Crippen LogP contribution in [0.3, 0.4) is 0 Å². The molecule has 0 unspecified atom stereocenters. The molecule has 0 bridgehead atoms.